The molecular weight excluding hydrogens is 282 g/mol. The lowest BCUT2D eigenvalue weighted by molar-refractivity contribution is -0.139. The van der Waals surface area contributed by atoms with E-state index in [2.05, 4.69) is 10.6 Å². The van der Waals surface area contributed by atoms with E-state index < -0.39 is 30.0 Å². The van der Waals surface area contributed by atoms with Crippen molar-refractivity contribution in [1.29, 1.82) is 0 Å². The number of hydrogen-bond acceptors (Lipinski definition) is 4. The number of carbonyl (C=O) groups excluding carboxylic acids is 2. The molecule has 2 unspecified atom stereocenters. The van der Waals surface area contributed by atoms with Gasteiger partial charge in [0, 0.05) is 4.88 Å². The van der Waals surface area contributed by atoms with Crippen LogP contribution in [0.4, 0.5) is 4.79 Å². The third-order valence-electron chi connectivity index (χ3n) is 2.61. The molecule has 1 heterocycles. The van der Waals surface area contributed by atoms with Crippen LogP contribution in [0.2, 0.25) is 0 Å². The molecule has 0 aliphatic carbocycles. The van der Waals surface area contributed by atoms with E-state index in [1.165, 1.54) is 11.3 Å². The van der Waals surface area contributed by atoms with Crippen molar-refractivity contribution in [3.8, 4) is 0 Å². The predicted octanol–water partition coefficient (Wildman–Crippen LogP) is 0.683. The Balaban J connectivity index is 2.72. The monoisotopic (exact) mass is 299 g/mol. The quantitative estimate of drug-likeness (QED) is 0.617. The molecule has 1 rings (SSSR count). The lowest BCUT2D eigenvalue weighted by Crippen LogP contribution is -2.52. The van der Waals surface area contributed by atoms with Crippen molar-refractivity contribution in [3.63, 3.8) is 0 Å². The van der Waals surface area contributed by atoms with Crippen molar-refractivity contribution < 1.29 is 19.5 Å². The minimum atomic E-state index is -1.18. The van der Waals surface area contributed by atoms with Crippen LogP contribution in [0.5, 0.6) is 0 Å². The van der Waals surface area contributed by atoms with Gasteiger partial charge in [-0.15, -0.1) is 11.3 Å². The van der Waals surface area contributed by atoms with Gasteiger partial charge in [-0.3, -0.25) is 4.79 Å². The summed E-state index contributed by atoms with van der Waals surface area (Å²) in [4.78, 5) is 34.6. The number of rotatable bonds is 6. The molecule has 0 fully saturated rings. The number of hydrogen-bond donors (Lipinski definition) is 4. The van der Waals surface area contributed by atoms with Gasteiger partial charge < -0.3 is 21.5 Å². The van der Waals surface area contributed by atoms with E-state index in [1.807, 2.05) is 0 Å². The Morgan fingerprint density at radius 3 is 2.35 bits per heavy atom. The molecule has 0 aromatic carbocycles. The smallest absolute Gasteiger partial charge is 0.331 e. The Labute approximate surface area is 120 Å². The number of primary amides is 1. The van der Waals surface area contributed by atoms with Crippen molar-refractivity contribution in [3.05, 3.63) is 22.4 Å². The topological polar surface area (TPSA) is 122 Å². The summed E-state index contributed by atoms with van der Waals surface area (Å²) < 4.78 is 0. The molecule has 0 saturated carbocycles. The molecule has 0 aliphatic heterocycles. The minimum absolute atomic E-state index is 0.191. The molecule has 1 aromatic heterocycles. The third kappa shape index (κ3) is 4.23. The maximum Gasteiger partial charge on any atom is 0.331 e. The second-order valence-corrected chi connectivity index (χ2v) is 5.51. The number of nitrogens with one attached hydrogen (secondary N) is 2. The normalized spacial score (nSPS) is 13.6. The molecule has 20 heavy (non-hydrogen) atoms. The highest BCUT2D eigenvalue weighted by Crippen LogP contribution is 2.19. The molecular formula is C12H17N3O4S. The summed E-state index contributed by atoms with van der Waals surface area (Å²) in [5.74, 6) is -2.04. The summed E-state index contributed by atoms with van der Waals surface area (Å²) in [6.45, 7) is 3.45. The van der Waals surface area contributed by atoms with Crippen molar-refractivity contribution in [2.75, 3.05) is 0 Å². The van der Waals surface area contributed by atoms with Crippen LogP contribution in [-0.4, -0.2) is 29.1 Å². The van der Waals surface area contributed by atoms with E-state index in [4.69, 9.17) is 10.8 Å². The predicted molar refractivity (Wildman–Crippen MR) is 74.2 cm³/mol. The first-order chi connectivity index (χ1) is 9.32. The van der Waals surface area contributed by atoms with Crippen LogP contribution < -0.4 is 16.4 Å². The first kappa shape index (κ1) is 16.0. The van der Waals surface area contributed by atoms with E-state index in [1.54, 1.807) is 31.4 Å². The van der Waals surface area contributed by atoms with Crippen LogP contribution in [0.25, 0.3) is 0 Å². The Morgan fingerprint density at radius 1 is 1.30 bits per heavy atom. The van der Waals surface area contributed by atoms with Gasteiger partial charge in [0.1, 0.15) is 6.04 Å². The molecule has 8 heteroatoms. The molecule has 110 valence electrons. The fourth-order valence-corrected chi connectivity index (χ4v) is 2.36. The van der Waals surface area contributed by atoms with Crippen LogP contribution >= 0.6 is 11.3 Å². The van der Waals surface area contributed by atoms with Gasteiger partial charge in [0.05, 0.1) is 0 Å². The molecule has 1 aromatic rings. The first-order valence-corrected chi connectivity index (χ1v) is 6.83. The Kier molecular flexibility index (Phi) is 5.51. The van der Waals surface area contributed by atoms with Gasteiger partial charge in [0.2, 0.25) is 5.91 Å². The van der Waals surface area contributed by atoms with Gasteiger partial charge in [-0.05, 0) is 17.4 Å². The van der Waals surface area contributed by atoms with E-state index in [0.717, 1.165) is 0 Å². The number of aliphatic carboxylic acids is 1. The van der Waals surface area contributed by atoms with Crippen LogP contribution in [0.3, 0.4) is 0 Å². The number of carboxylic acid groups (broad SMARTS) is 1. The lowest BCUT2D eigenvalue weighted by Gasteiger charge is -2.21. The number of urea groups is 1. The largest absolute Gasteiger partial charge is 0.479 e. The summed E-state index contributed by atoms with van der Waals surface area (Å²) in [6.07, 6.45) is 0. The van der Waals surface area contributed by atoms with Crippen molar-refractivity contribution in [2.45, 2.75) is 25.9 Å². The van der Waals surface area contributed by atoms with Gasteiger partial charge >= 0.3 is 12.0 Å². The molecule has 5 N–H and O–H groups in total. The minimum Gasteiger partial charge on any atom is -0.479 e. The number of nitrogens with two attached hydrogens (primary N) is 1. The van der Waals surface area contributed by atoms with Gasteiger partial charge in [0.15, 0.2) is 6.04 Å². The Morgan fingerprint density at radius 2 is 1.95 bits per heavy atom. The zero-order valence-electron chi connectivity index (χ0n) is 11.1. The van der Waals surface area contributed by atoms with Gasteiger partial charge in [-0.2, -0.15) is 0 Å². The summed E-state index contributed by atoms with van der Waals surface area (Å²) in [6, 6.07) is 0.542. The average Bonchev–Trinajstić information content (AvgIpc) is 2.85. The summed E-state index contributed by atoms with van der Waals surface area (Å²) in [5.41, 5.74) is 5.18. The van der Waals surface area contributed by atoms with Crippen LogP contribution in [0.1, 0.15) is 24.8 Å². The fourth-order valence-electron chi connectivity index (χ4n) is 1.59. The highest BCUT2D eigenvalue weighted by atomic mass is 32.1. The van der Waals surface area contributed by atoms with Crippen molar-refractivity contribution in [1.82, 2.24) is 10.6 Å². The highest BCUT2D eigenvalue weighted by Gasteiger charge is 2.26. The maximum atomic E-state index is 11.8. The second kappa shape index (κ2) is 6.90. The Hall–Kier alpha value is -2.09. The van der Waals surface area contributed by atoms with E-state index >= 15 is 0 Å². The third-order valence-corrected chi connectivity index (χ3v) is 3.55. The molecule has 0 spiro atoms. The molecule has 0 radical (unpaired) electrons. The summed E-state index contributed by atoms with van der Waals surface area (Å²) in [5, 5.41) is 15.5. The first-order valence-electron chi connectivity index (χ1n) is 5.95. The zero-order chi connectivity index (χ0) is 15.3. The van der Waals surface area contributed by atoms with Gasteiger partial charge in [0.25, 0.3) is 0 Å². The molecule has 3 amide bonds. The molecule has 2 atom stereocenters. The Bertz CT molecular complexity index is 487. The summed E-state index contributed by atoms with van der Waals surface area (Å²) in [7, 11) is 0. The average molecular weight is 299 g/mol. The van der Waals surface area contributed by atoms with E-state index in [0.29, 0.717) is 4.88 Å². The number of amides is 3. The number of thiophene rings is 1. The lowest BCUT2D eigenvalue weighted by atomic mass is 10.0. The molecule has 0 bridgehead atoms. The molecule has 0 saturated heterocycles. The van der Waals surface area contributed by atoms with Crippen LogP contribution in [-0.2, 0) is 9.59 Å². The summed E-state index contributed by atoms with van der Waals surface area (Å²) >= 11 is 1.22. The van der Waals surface area contributed by atoms with Gasteiger partial charge in [-0.1, -0.05) is 19.9 Å². The molecule has 7 nitrogen and oxygen atoms in total. The standard InChI is InChI=1S/C12H17N3O4S/c1-6(2)8(10(13)16)14-12(19)15-9(11(17)18)7-4-3-5-20-7/h3-6,8-9H,1-2H3,(H2,13,16)(H,17,18)(H2,14,15,19). The van der Waals surface area contributed by atoms with Crippen LogP contribution in [0, 0.1) is 5.92 Å². The van der Waals surface area contributed by atoms with E-state index in [9.17, 15) is 14.4 Å². The SMILES string of the molecule is CC(C)C(NC(=O)NC(C(=O)O)c1cccs1)C(N)=O. The van der Waals surface area contributed by atoms with Crippen molar-refractivity contribution in [2.24, 2.45) is 11.7 Å². The number of carbonyl (C=O) groups is 3. The fraction of sp³-hybridized carbons (Fsp3) is 0.417. The van der Waals surface area contributed by atoms with Crippen molar-refractivity contribution >= 4 is 29.2 Å². The van der Waals surface area contributed by atoms with Gasteiger partial charge in [-0.25, -0.2) is 9.59 Å². The zero-order valence-corrected chi connectivity index (χ0v) is 11.9. The maximum absolute atomic E-state index is 11.8. The van der Waals surface area contributed by atoms with E-state index in [-0.39, 0.29) is 5.92 Å². The number of carboxylic acids is 1. The highest BCUT2D eigenvalue weighted by molar-refractivity contribution is 7.10. The van der Waals surface area contributed by atoms with Crippen LogP contribution in [0.15, 0.2) is 17.5 Å². The molecule has 0 aliphatic rings. The second-order valence-electron chi connectivity index (χ2n) is 4.53.